The number of hydrogen-bond acceptors (Lipinski definition) is 16. The van der Waals surface area contributed by atoms with Gasteiger partial charge < -0.3 is 54.9 Å². The number of aliphatic hydroxyl groups excluding tert-OH is 2. The number of nitrogens with one attached hydrogen (secondary N) is 2. The van der Waals surface area contributed by atoms with Crippen LogP contribution in [0.15, 0.2) is 77.1 Å². The van der Waals surface area contributed by atoms with Gasteiger partial charge in [-0.2, -0.15) is 0 Å². The zero-order valence-electron chi connectivity index (χ0n) is 41.7. The van der Waals surface area contributed by atoms with Gasteiger partial charge in [0.15, 0.2) is 0 Å². The number of phenols is 1. The van der Waals surface area contributed by atoms with Crippen LogP contribution in [0.5, 0.6) is 11.5 Å². The number of aliphatic imine (C=N–C) groups is 1. The summed E-state index contributed by atoms with van der Waals surface area (Å²) in [6.07, 6.45) is 9.14. The highest BCUT2D eigenvalue weighted by Gasteiger charge is 2.54. The number of ketones is 2. The number of anilines is 1. The van der Waals surface area contributed by atoms with Crippen molar-refractivity contribution < 1.29 is 53.5 Å². The molecule has 6 atom stereocenters. The number of pyridine rings is 1. The smallest absolute Gasteiger partial charge is 0.315 e. The van der Waals surface area contributed by atoms with Crippen molar-refractivity contribution >= 4 is 40.7 Å². The number of piperidine rings is 1. The second-order valence-electron chi connectivity index (χ2n) is 20.3. The topological polar surface area (TPSA) is 233 Å². The van der Waals surface area contributed by atoms with Crippen molar-refractivity contribution in [2.45, 2.75) is 117 Å². The van der Waals surface area contributed by atoms with Crippen LogP contribution in [0.4, 0.5) is 5.69 Å². The fourth-order valence-electron chi connectivity index (χ4n) is 10.3. The summed E-state index contributed by atoms with van der Waals surface area (Å²) in [4.78, 5) is 85.6. The molecule has 5 N–H and O–H groups in total. The molecule has 380 valence electrons. The summed E-state index contributed by atoms with van der Waals surface area (Å²) < 4.78 is 18.2. The Morgan fingerprint density at radius 2 is 1.68 bits per heavy atom. The molecule has 5 bridgehead atoms. The summed E-state index contributed by atoms with van der Waals surface area (Å²) in [5.74, 6) is -6.14. The van der Waals surface area contributed by atoms with E-state index in [1.54, 1.807) is 62.4 Å². The molecule has 1 aromatic carbocycles. The molecule has 9 rings (SSSR count). The van der Waals surface area contributed by atoms with E-state index in [9.17, 15) is 39.3 Å². The van der Waals surface area contributed by atoms with Crippen molar-refractivity contribution in [1.29, 1.82) is 0 Å². The number of Topliss-reactive ketones (excluding diaryl/α,β-unsaturated/α-hetero) is 2. The summed E-state index contributed by atoms with van der Waals surface area (Å²) in [5.41, 5.74) is 0.772. The van der Waals surface area contributed by atoms with Crippen LogP contribution in [0.2, 0.25) is 0 Å². The first kappa shape index (κ1) is 51.0. The summed E-state index contributed by atoms with van der Waals surface area (Å²) in [5, 5.41) is 41.1. The molecule has 7 heterocycles. The van der Waals surface area contributed by atoms with Crippen LogP contribution in [-0.2, 0) is 23.9 Å². The first-order valence-electron chi connectivity index (χ1n) is 24.8. The number of rotatable bonds is 6. The van der Waals surface area contributed by atoms with Crippen LogP contribution < -0.4 is 20.3 Å². The van der Waals surface area contributed by atoms with Crippen LogP contribution >= 0.6 is 0 Å². The Labute approximate surface area is 414 Å². The number of aromatic hydroxyl groups is 1. The van der Waals surface area contributed by atoms with Crippen molar-refractivity contribution in [2.75, 3.05) is 50.7 Å². The number of amides is 2. The molecule has 2 fully saturated rings. The van der Waals surface area contributed by atoms with Crippen LogP contribution in [-0.4, -0.2) is 141 Å². The standard InChI is InChI=1S/C53H67N7O11/c1-30(2)29-58-20-16-53(17-21-58)56-43-40-41-47(65)34(6)49-42(40)50(67)52(7,71-49)69-26-9-8-13-36(70-39(63)28-38(62)60-24-22-59(23-25-60)35-14-18-54-19-15-35)27-37(61)33(5)46(64)31(3)11-10-12-32(4)51(68)55-45(48(41)66)44(43)57-53/h9-12,14-15,18-19,26,30-31,33,36-37,46,57,61,64-65H,8,13,16-17,20-25,27-29H2,1-7H3,(H,55,68)/b11-10+,26-9+,32-12-/t31?,33-,36+,37-,46-,52-/m0/s1. The maximum Gasteiger partial charge on any atom is 0.315 e. The van der Waals surface area contributed by atoms with E-state index in [4.69, 9.17) is 19.2 Å². The van der Waals surface area contributed by atoms with E-state index in [0.29, 0.717) is 58.0 Å². The lowest BCUT2D eigenvalue weighted by molar-refractivity contribution is -0.155. The number of aliphatic hydroxyl groups is 2. The monoisotopic (exact) mass is 977 g/mol. The highest BCUT2D eigenvalue weighted by molar-refractivity contribution is 6.34. The molecule has 1 aromatic heterocycles. The quantitative estimate of drug-likeness (QED) is 0.197. The molecule has 0 radical (unpaired) electrons. The molecule has 7 aliphatic rings. The molecule has 6 aliphatic heterocycles. The Bertz CT molecular complexity index is 2590. The van der Waals surface area contributed by atoms with Crippen molar-refractivity contribution in [2.24, 2.45) is 22.7 Å². The summed E-state index contributed by atoms with van der Waals surface area (Å²) >= 11 is 0. The molecule has 1 spiro atoms. The number of benzene rings is 1. The molecule has 2 amide bonds. The first-order valence-corrected chi connectivity index (χ1v) is 24.8. The van der Waals surface area contributed by atoms with E-state index in [1.807, 2.05) is 12.1 Å². The van der Waals surface area contributed by atoms with Gasteiger partial charge in [-0.15, -0.1) is 0 Å². The molecule has 2 aromatic rings. The van der Waals surface area contributed by atoms with E-state index < -0.39 is 77.2 Å². The third-order valence-electron chi connectivity index (χ3n) is 14.6. The Morgan fingerprint density at radius 3 is 2.37 bits per heavy atom. The zero-order valence-corrected chi connectivity index (χ0v) is 41.7. The summed E-state index contributed by atoms with van der Waals surface area (Å²) in [6.45, 7) is 16.7. The third-order valence-corrected chi connectivity index (χ3v) is 14.6. The number of hydrogen-bond donors (Lipinski definition) is 5. The Morgan fingerprint density at radius 1 is 0.972 bits per heavy atom. The van der Waals surface area contributed by atoms with Crippen LogP contribution in [0.3, 0.4) is 0 Å². The van der Waals surface area contributed by atoms with E-state index >= 15 is 0 Å². The van der Waals surface area contributed by atoms with E-state index in [2.05, 4.69) is 39.3 Å². The second-order valence-corrected chi connectivity index (χ2v) is 20.3. The number of aromatic nitrogens is 1. The average molecular weight is 978 g/mol. The van der Waals surface area contributed by atoms with Gasteiger partial charge in [0.1, 0.15) is 35.4 Å². The van der Waals surface area contributed by atoms with Crippen molar-refractivity contribution in [3.63, 3.8) is 0 Å². The Balaban J connectivity index is 1.07. The number of phenolic OH excluding ortho intramolecular Hbond substituents is 1. The minimum Gasteiger partial charge on any atom is -0.507 e. The lowest BCUT2D eigenvalue weighted by Crippen LogP contribution is -2.50. The SMILES string of the molecule is C/C1=C/C=C/C(C)[C@H](O)[C@@H](C)[C@@H](O)C[C@H](OC(=O)CC(=O)N2CCN(c3ccncc3)CC2)CC/C=C/O[C@@]2(C)Oc3c(C)c(O)c4c(c3C2=O)C2=NC3(CCN(CC(C)C)CC3)NC2=C(NC1=O)C4=O. The van der Waals surface area contributed by atoms with Crippen LogP contribution in [0.25, 0.3) is 0 Å². The molecule has 1 unspecified atom stereocenters. The predicted molar refractivity (Wildman–Crippen MR) is 263 cm³/mol. The third kappa shape index (κ3) is 10.5. The number of esters is 1. The normalized spacial score (nSPS) is 28.8. The van der Waals surface area contributed by atoms with Gasteiger partial charge in [-0.25, -0.2) is 0 Å². The van der Waals surface area contributed by atoms with Crippen LogP contribution in [0.1, 0.15) is 112 Å². The van der Waals surface area contributed by atoms with Gasteiger partial charge in [-0.1, -0.05) is 45.9 Å². The number of likely N-dealkylation sites (tertiary alicyclic amines) is 1. The molecule has 18 heteroatoms. The average Bonchev–Trinajstić information content (AvgIpc) is 3.84. The van der Waals surface area contributed by atoms with Crippen molar-refractivity contribution in [3.8, 4) is 11.5 Å². The number of allylic oxidation sites excluding steroid dienone is 5. The van der Waals surface area contributed by atoms with Gasteiger partial charge in [0.2, 0.25) is 11.7 Å². The van der Waals surface area contributed by atoms with Crippen molar-refractivity contribution in [1.82, 2.24) is 25.4 Å². The number of ether oxygens (including phenoxy) is 3. The van der Waals surface area contributed by atoms with E-state index in [1.165, 1.54) is 20.1 Å². The zero-order chi connectivity index (χ0) is 50.9. The lowest BCUT2D eigenvalue weighted by atomic mass is 9.82. The summed E-state index contributed by atoms with van der Waals surface area (Å²) in [7, 11) is 0. The Hall–Kier alpha value is -6.37. The number of fused-ring (bicyclic) bond motifs is 13. The van der Waals surface area contributed by atoms with Gasteiger partial charge in [0, 0.05) is 119 Å². The van der Waals surface area contributed by atoms with Gasteiger partial charge >= 0.3 is 11.8 Å². The fraction of sp³-hybridized carbons (Fsp3) is 0.528. The number of piperazine rings is 1. The highest BCUT2D eigenvalue weighted by atomic mass is 16.7. The van der Waals surface area contributed by atoms with Crippen LogP contribution in [0, 0.1) is 24.7 Å². The second kappa shape index (κ2) is 20.8. The number of carbonyl (C=O) groups is 5. The molecule has 2 saturated heterocycles. The Kier molecular flexibility index (Phi) is 14.9. The predicted octanol–water partition coefficient (Wildman–Crippen LogP) is 4.61. The highest BCUT2D eigenvalue weighted by Crippen LogP contribution is 2.50. The molecule has 0 saturated carbocycles. The molecule has 71 heavy (non-hydrogen) atoms. The molecule has 18 nitrogen and oxygen atoms in total. The lowest BCUT2D eigenvalue weighted by Gasteiger charge is -2.38. The minimum absolute atomic E-state index is 0.0181. The van der Waals surface area contributed by atoms with Crippen molar-refractivity contribution in [3.05, 3.63) is 94.3 Å². The maximum atomic E-state index is 14.8. The van der Waals surface area contributed by atoms with E-state index in [-0.39, 0.29) is 75.9 Å². The number of nitrogens with zero attached hydrogens (tertiary/aromatic N) is 5. The van der Waals surface area contributed by atoms with Gasteiger partial charge in [-0.05, 0) is 50.8 Å². The fourth-order valence-corrected chi connectivity index (χ4v) is 10.3. The number of carbonyl (C=O) groups excluding carboxylic acids is 5. The van der Waals surface area contributed by atoms with Gasteiger partial charge in [-0.3, -0.25) is 33.9 Å². The molecular formula is C53H67N7O11. The van der Waals surface area contributed by atoms with Gasteiger partial charge in [0.25, 0.3) is 11.7 Å². The molecular weight excluding hydrogens is 911 g/mol. The minimum atomic E-state index is -1.95. The molecule has 1 aliphatic carbocycles. The van der Waals surface area contributed by atoms with Gasteiger partial charge in [0.05, 0.1) is 41.0 Å². The summed E-state index contributed by atoms with van der Waals surface area (Å²) in [6, 6.07) is 3.81. The van der Waals surface area contributed by atoms with E-state index in [0.717, 1.165) is 12.2 Å². The maximum absolute atomic E-state index is 14.8. The first-order chi connectivity index (χ1) is 33.8. The largest absolute Gasteiger partial charge is 0.507 e.